The van der Waals surface area contributed by atoms with Crippen molar-refractivity contribution in [3.05, 3.63) is 95.2 Å². The molecule has 2 aromatic carbocycles. The molecule has 3 nitrogen and oxygen atoms in total. The predicted octanol–water partition coefficient (Wildman–Crippen LogP) is 8.06. The fraction of sp³-hybridized carbons (Fsp3) is 0.214. The normalized spacial score (nSPS) is 16.0. The van der Waals surface area contributed by atoms with Gasteiger partial charge in [0.15, 0.2) is 5.65 Å². The number of aromatic nitrogens is 2. The Labute approximate surface area is 196 Å². The van der Waals surface area contributed by atoms with Crippen LogP contribution in [-0.4, -0.2) is 9.97 Å². The van der Waals surface area contributed by atoms with E-state index in [9.17, 15) is 13.2 Å². The zero-order valence-electron chi connectivity index (χ0n) is 18.9. The number of hydrogen-bond acceptors (Lipinski definition) is 3. The molecule has 0 saturated carbocycles. The van der Waals surface area contributed by atoms with Crippen molar-refractivity contribution in [3.8, 4) is 11.3 Å². The molecule has 34 heavy (non-hydrogen) atoms. The highest BCUT2D eigenvalue weighted by atomic mass is 19.4. The van der Waals surface area contributed by atoms with Gasteiger partial charge in [-0.1, -0.05) is 49.4 Å². The summed E-state index contributed by atoms with van der Waals surface area (Å²) < 4.78 is 41.2. The summed E-state index contributed by atoms with van der Waals surface area (Å²) >= 11 is 0. The Morgan fingerprint density at radius 2 is 1.71 bits per heavy atom. The number of nitrogens with one attached hydrogen (secondary N) is 1. The summed E-state index contributed by atoms with van der Waals surface area (Å²) in [5, 5.41) is 4.32. The summed E-state index contributed by atoms with van der Waals surface area (Å²) in [6.07, 6.45) is -0.907. The minimum absolute atomic E-state index is 0.0337. The first-order valence-corrected chi connectivity index (χ1v) is 11.3. The monoisotopic (exact) mass is 459 g/mol. The number of rotatable bonds is 4. The Morgan fingerprint density at radius 3 is 2.47 bits per heavy atom. The van der Waals surface area contributed by atoms with Gasteiger partial charge in [-0.2, -0.15) is 13.2 Å². The summed E-state index contributed by atoms with van der Waals surface area (Å²) in [4.78, 5) is 8.85. The van der Waals surface area contributed by atoms with E-state index in [0.29, 0.717) is 17.3 Å². The summed E-state index contributed by atoms with van der Waals surface area (Å²) in [6.45, 7) is 4.31. The average Bonchev–Trinajstić information content (AvgIpc) is 2.84. The summed E-state index contributed by atoms with van der Waals surface area (Å²) in [7, 11) is 0. The average molecular weight is 460 g/mol. The third-order valence-electron chi connectivity index (χ3n) is 6.49. The molecule has 1 N–H and O–H groups in total. The third-order valence-corrected chi connectivity index (χ3v) is 6.49. The lowest BCUT2D eigenvalue weighted by molar-refractivity contribution is -0.137. The third kappa shape index (κ3) is 3.94. The lowest BCUT2D eigenvalue weighted by Gasteiger charge is -2.29. The van der Waals surface area contributed by atoms with Gasteiger partial charge >= 0.3 is 6.18 Å². The molecule has 6 heteroatoms. The zero-order chi connectivity index (χ0) is 23.9. The maximum absolute atomic E-state index is 13.7. The van der Waals surface area contributed by atoms with E-state index in [4.69, 9.17) is 0 Å². The molecule has 0 amide bonds. The van der Waals surface area contributed by atoms with E-state index in [0.717, 1.165) is 35.6 Å². The molecule has 1 atom stereocenters. The smallest absolute Gasteiger partial charge is 0.354 e. The summed E-state index contributed by atoms with van der Waals surface area (Å²) in [5.74, 6) is 0.451. The van der Waals surface area contributed by atoms with Gasteiger partial charge in [0.05, 0.1) is 16.9 Å². The zero-order valence-corrected chi connectivity index (χ0v) is 18.9. The first-order valence-electron chi connectivity index (χ1n) is 11.3. The van der Waals surface area contributed by atoms with Crippen molar-refractivity contribution in [1.82, 2.24) is 9.97 Å². The van der Waals surface area contributed by atoms with E-state index < -0.39 is 11.7 Å². The highest BCUT2D eigenvalue weighted by Gasteiger charge is 2.34. The van der Waals surface area contributed by atoms with E-state index in [1.807, 2.05) is 18.2 Å². The second-order valence-electron chi connectivity index (χ2n) is 8.65. The van der Waals surface area contributed by atoms with E-state index in [2.05, 4.69) is 47.3 Å². The summed E-state index contributed by atoms with van der Waals surface area (Å²) in [6, 6.07) is 19.2. The van der Waals surface area contributed by atoms with Crippen LogP contribution in [0.2, 0.25) is 0 Å². The van der Waals surface area contributed by atoms with Crippen LogP contribution in [0.15, 0.2) is 78.5 Å². The maximum Gasteiger partial charge on any atom is 0.417 e. The minimum Gasteiger partial charge on any atom is -0.354 e. The number of alkyl halides is 3. The molecule has 2 heterocycles. The Bertz CT molecular complexity index is 1410. The number of fused-ring (bicyclic) bond motifs is 2. The molecule has 1 aliphatic rings. The lowest BCUT2D eigenvalue weighted by Crippen LogP contribution is -2.14. The van der Waals surface area contributed by atoms with Crippen LogP contribution < -0.4 is 5.32 Å². The van der Waals surface area contributed by atoms with E-state index in [-0.39, 0.29) is 11.3 Å². The largest absolute Gasteiger partial charge is 0.417 e. The molecule has 0 aliphatic heterocycles. The lowest BCUT2D eigenvalue weighted by atomic mass is 9.80. The van der Waals surface area contributed by atoms with Gasteiger partial charge in [-0.15, -0.1) is 0 Å². The molecule has 0 radical (unpaired) electrons. The molecule has 0 saturated heterocycles. The molecule has 0 bridgehead atoms. The first-order chi connectivity index (χ1) is 16.4. The van der Waals surface area contributed by atoms with Crippen LogP contribution in [0, 0.1) is 0 Å². The molecule has 2 aromatic heterocycles. The van der Waals surface area contributed by atoms with Gasteiger partial charge in [-0.25, -0.2) is 9.97 Å². The van der Waals surface area contributed by atoms with Crippen molar-refractivity contribution >= 4 is 22.4 Å². The molecule has 1 aliphatic carbocycles. The van der Waals surface area contributed by atoms with Crippen molar-refractivity contribution in [3.63, 3.8) is 0 Å². The standard InChI is InChI=1S/C28H24F3N3/c1-3-18-15-17(2)26(20-10-5-4-9-19(18)20)33-25-16-24(34-27-22(25)12-8-14-32-27)21-11-6-7-13-23(21)28(29,30)31/h4-14,16,18H,3,15H2,1-2H3,(H,32,33,34). The van der Waals surface area contributed by atoms with Gasteiger partial charge < -0.3 is 5.32 Å². The van der Waals surface area contributed by atoms with Gasteiger partial charge in [0.25, 0.3) is 0 Å². The van der Waals surface area contributed by atoms with Gasteiger partial charge in [0.2, 0.25) is 0 Å². The van der Waals surface area contributed by atoms with Crippen LogP contribution in [-0.2, 0) is 6.18 Å². The molecule has 4 aromatic rings. The van der Waals surface area contributed by atoms with E-state index >= 15 is 0 Å². The second kappa shape index (κ2) is 8.60. The Morgan fingerprint density at radius 1 is 0.971 bits per heavy atom. The van der Waals surface area contributed by atoms with Crippen LogP contribution in [0.4, 0.5) is 18.9 Å². The molecule has 0 spiro atoms. The van der Waals surface area contributed by atoms with Crippen LogP contribution in [0.1, 0.15) is 49.3 Å². The molecule has 172 valence electrons. The Hall–Kier alpha value is -3.67. The van der Waals surface area contributed by atoms with E-state index in [1.54, 1.807) is 18.3 Å². The predicted molar refractivity (Wildman–Crippen MR) is 130 cm³/mol. The van der Waals surface area contributed by atoms with Gasteiger partial charge in [0, 0.05) is 28.4 Å². The molecule has 5 rings (SSSR count). The molecule has 1 unspecified atom stereocenters. The van der Waals surface area contributed by atoms with Crippen molar-refractivity contribution < 1.29 is 13.2 Å². The molecular weight excluding hydrogens is 435 g/mol. The Kier molecular flexibility index (Phi) is 5.60. The number of allylic oxidation sites excluding steroid dienone is 1. The fourth-order valence-corrected chi connectivity index (χ4v) is 4.82. The number of hydrogen-bond donors (Lipinski definition) is 1. The molecule has 0 fully saturated rings. The van der Waals surface area contributed by atoms with Crippen LogP contribution in [0.25, 0.3) is 28.0 Å². The van der Waals surface area contributed by atoms with Crippen molar-refractivity contribution in [2.45, 2.75) is 38.8 Å². The molecular formula is C28H24F3N3. The number of halogens is 3. The van der Waals surface area contributed by atoms with Crippen LogP contribution >= 0.6 is 0 Å². The van der Waals surface area contributed by atoms with Crippen molar-refractivity contribution in [2.75, 3.05) is 5.32 Å². The fourth-order valence-electron chi connectivity index (χ4n) is 4.82. The topological polar surface area (TPSA) is 37.8 Å². The summed E-state index contributed by atoms with van der Waals surface area (Å²) in [5.41, 5.74) is 5.26. The van der Waals surface area contributed by atoms with Crippen LogP contribution in [0.3, 0.4) is 0 Å². The highest BCUT2D eigenvalue weighted by Crippen LogP contribution is 2.42. The van der Waals surface area contributed by atoms with Gasteiger partial charge in [0.1, 0.15) is 0 Å². The van der Waals surface area contributed by atoms with Crippen LogP contribution in [0.5, 0.6) is 0 Å². The minimum atomic E-state index is -4.48. The number of nitrogens with zero attached hydrogens (tertiary/aromatic N) is 2. The number of pyridine rings is 2. The first kappa shape index (κ1) is 22.1. The maximum atomic E-state index is 13.7. The van der Waals surface area contributed by atoms with E-state index in [1.165, 1.54) is 23.3 Å². The number of benzene rings is 2. The van der Waals surface area contributed by atoms with Crippen molar-refractivity contribution in [1.29, 1.82) is 0 Å². The van der Waals surface area contributed by atoms with Gasteiger partial charge in [-0.05, 0) is 61.1 Å². The van der Waals surface area contributed by atoms with Gasteiger partial charge in [-0.3, -0.25) is 0 Å². The Balaban J connectivity index is 1.68. The highest BCUT2D eigenvalue weighted by molar-refractivity contribution is 5.97. The SMILES string of the molecule is CCC1CC(C)=C(Nc2cc(-c3ccccc3C(F)(F)F)nc3ncccc23)c2ccccc21. The van der Waals surface area contributed by atoms with Crippen molar-refractivity contribution in [2.24, 2.45) is 0 Å². The quantitative estimate of drug-likeness (QED) is 0.335. The second-order valence-corrected chi connectivity index (χ2v) is 8.65. The number of anilines is 1.